The second-order valence-corrected chi connectivity index (χ2v) is 4.70. The molecule has 0 aliphatic heterocycles. The summed E-state index contributed by atoms with van der Waals surface area (Å²) < 4.78 is 0. The molecule has 0 bridgehead atoms. The first-order valence-corrected chi connectivity index (χ1v) is 5.78. The van der Waals surface area contributed by atoms with Crippen molar-refractivity contribution in [2.75, 3.05) is 0 Å². The Labute approximate surface area is 93.8 Å². The molecule has 2 rings (SSSR count). The maximum atomic E-state index is 6.15. The van der Waals surface area contributed by atoms with E-state index in [4.69, 9.17) is 5.73 Å². The van der Waals surface area contributed by atoms with E-state index in [0.29, 0.717) is 0 Å². The van der Waals surface area contributed by atoms with E-state index in [-0.39, 0.29) is 6.04 Å². The molecule has 0 radical (unpaired) electrons. The van der Waals surface area contributed by atoms with Gasteiger partial charge in [0.15, 0.2) is 0 Å². The molecule has 2 aromatic rings. The van der Waals surface area contributed by atoms with E-state index in [0.717, 1.165) is 10.6 Å². The van der Waals surface area contributed by atoms with E-state index in [1.807, 2.05) is 5.38 Å². The van der Waals surface area contributed by atoms with Crippen molar-refractivity contribution < 1.29 is 0 Å². The van der Waals surface area contributed by atoms with Gasteiger partial charge in [-0.25, -0.2) is 4.98 Å². The van der Waals surface area contributed by atoms with Crippen LogP contribution in [0.3, 0.4) is 0 Å². The molecule has 0 spiro atoms. The van der Waals surface area contributed by atoms with Crippen molar-refractivity contribution in [1.29, 1.82) is 0 Å². The number of aromatic nitrogens is 1. The predicted octanol–water partition coefficient (Wildman–Crippen LogP) is 2.81. The topological polar surface area (TPSA) is 38.9 Å². The first kappa shape index (κ1) is 10.3. The first-order chi connectivity index (χ1) is 7.16. The van der Waals surface area contributed by atoms with Crippen molar-refractivity contribution in [3.8, 4) is 0 Å². The average molecular weight is 218 g/mol. The quantitative estimate of drug-likeness (QED) is 0.841. The van der Waals surface area contributed by atoms with Gasteiger partial charge < -0.3 is 5.73 Å². The summed E-state index contributed by atoms with van der Waals surface area (Å²) in [6.45, 7) is 4.18. The molecule has 1 aromatic heterocycles. The van der Waals surface area contributed by atoms with Gasteiger partial charge in [-0.15, -0.1) is 11.3 Å². The van der Waals surface area contributed by atoms with Crippen LogP contribution >= 0.6 is 11.3 Å². The lowest BCUT2D eigenvalue weighted by Crippen LogP contribution is -2.11. The van der Waals surface area contributed by atoms with Gasteiger partial charge in [0, 0.05) is 11.6 Å². The molecule has 0 aliphatic carbocycles. The van der Waals surface area contributed by atoms with E-state index in [2.05, 4.69) is 37.0 Å². The SMILES string of the molecule is Cc1cc(C)cc(C(N)c2nccs2)c1. The van der Waals surface area contributed by atoms with Gasteiger partial charge >= 0.3 is 0 Å². The van der Waals surface area contributed by atoms with Crippen molar-refractivity contribution in [1.82, 2.24) is 4.98 Å². The zero-order chi connectivity index (χ0) is 10.8. The van der Waals surface area contributed by atoms with Crippen LogP contribution in [0.1, 0.15) is 27.7 Å². The van der Waals surface area contributed by atoms with Gasteiger partial charge in [-0.3, -0.25) is 0 Å². The van der Waals surface area contributed by atoms with Gasteiger partial charge in [0.2, 0.25) is 0 Å². The molecule has 78 valence electrons. The molecule has 3 heteroatoms. The van der Waals surface area contributed by atoms with Crippen molar-refractivity contribution in [3.63, 3.8) is 0 Å². The van der Waals surface area contributed by atoms with Crippen LogP contribution in [0.2, 0.25) is 0 Å². The minimum absolute atomic E-state index is 0.0939. The molecule has 0 aliphatic rings. The summed E-state index contributed by atoms with van der Waals surface area (Å²) in [5.41, 5.74) is 9.78. The highest BCUT2D eigenvalue weighted by Gasteiger charge is 2.11. The highest BCUT2D eigenvalue weighted by molar-refractivity contribution is 7.09. The van der Waals surface area contributed by atoms with E-state index in [1.165, 1.54) is 11.1 Å². The number of hydrogen-bond donors (Lipinski definition) is 1. The lowest BCUT2D eigenvalue weighted by molar-refractivity contribution is 0.854. The van der Waals surface area contributed by atoms with Gasteiger partial charge in [-0.2, -0.15) is 0 Å². The van der Waals surface area contributed by atoms with Crippen LogP contribution in [0, 0.1) is 13.8 Å². The molecule has 0 amide bonds. The van der Waals surface area contributed by atoms with Crippen molar-refractivity contribution in [2.45, 2.75) is 19.9 Å². The summed E-state index contributed by atoms with van der Waals surface area (Å²) >= 11 is 1.60. The Kier molecular flexibility index (Phi) is 2.84. The maximum Gasteiger partial charge on any atom is 0.114 e. The smallest absolute Gasteiger partial charge is 0.114 e. The number of benzene rings is 1. The number of rotatable bonds is 2. The van der Waals surface area contributed by atoms with E-state index >= 15 is 0 Å². The molecule has 0 saturated heterocycles. The third kappa shape index (κ3) is 2.25. The van der Waals surface area contributed by atoms with Crippen LogP contribution in [0.5, 0.6) is 0 Å². The Morgan fingerprint density at radius 3 is 2.40 bits per heavy atom. The first-order valence-electron chi connectivity index (χ1n) is 4.90. The molecular weight excluding hydrogens is 204 g/mol. The van der Waals surface area contributed by atoms with Gasteiger partial charge in [0.25, 0.3) is 0 Å². The molecule has 0 fully saturated rings. The normalized spacial score (nSPS) is 12.7. The number of hydrogen-bond acceptors (Lipinski definition) is 3. The van der Waals surface area contributed by atoms with Crippen LogP contribution in [-0.4, -0.2) is 4.98 Å². The number of thiazole rings is 1. The molecule has 0 saturated carbocycles. The maximum absolute atomic E-state index is 6.15. The predicted molar refractivity (Wildman–Crippen MR) is 64.1 cm³/mol. The molecule has 2 nitrogen and oxygen atoms in total. The summed E-state index contributed by atoms with van der Waals surface area (Å²) in [6.07, 6.45) is 1.79. The third-order valence-electron chi connectivity index (χ3n) is 2.32. The fourth-order valence-electron chi connectivity index (χ4n) is 1.72. The minimum atomic E-state index is -0.0939. The zero-order valence-corrected chi connectivity index (χ0v) is 9.71. The van der Waals surface area contributed by atoms with E-state index in [1.54, 1.807) is 17.5 Å². The number of nitrogens with two attached hydrogens (primary N) is 1. The Morgan fingerprint density at radius 1 is 1.20 bits per heavy atom. The Morgan fingerprint density at radius 2 is 1.87 bits per heavy atom. The van der Waals surface area contributed by atoms with Gasteiger partial charge in [-0.1, -0.05) is 29.3 Å². The van der Waals surface area contributed by atoms with E-state index < -0.39 is 0 Å². The van der Waals surface area contributed by atoms with Gasteiger partial charge in [-0.05, 0) is 19.4 Å². The molecule has 2 N–H and O–H groups in total. The van der Waals surface area contributed by atoms with Crippen LogP contribution in [-0.2, 0) is 0 Å². The lowest BCUT2D eigenvalue weighted by Gasteiger charge is -2.10. The molecule has 1 aromatic carbocycles. The summed E-state index contributed by atoms with van der Waals surface area (Å²) in [6, 6.07) is 6.31. The minimum Gasteiger partial charge on any atom is -0.318 e. The Bertz CT molecular complexity index is 428. The van der Waals surface area contributed by atoms with E-state index in [9.17, 15) is 0 Å². The largest absolute Gasteiger partial charge is 0.318 e. The summed E-state index contributed by atoms with van der Waals surface area (Å²) in [5, 5.41) is 2.93. The second kappa shape index (κ2) is 4.13. The Hall–Kier alpha value is -1.19. The fraction of sp³-hybridized carbons (Fsp3) is 0.250. The standard InChI is InChI=1S/C12H14N2S/c1-8-5-9(2)7-10(6-8)11(13)12-14-3-4-15-12/h3-7,11H,13H2,1-2H3. The van der Waals surface area contributed by atoms with Crippen LogP contribution < -0.4 is 5.73 Å². The second-order valence-electron chi connectivity index (χ2n) is 3.77. The summed E-state index contributed by atoms with van der Waals surface area (Å²) in [4.78, 5) is 4.25. The average Bonchev–Trinajstić information content (AvgIpc) is 2.67. The number of aryl methyl sites for hydroxylation is 2. The summed E-state index contributed by atoms with van der Waals surface area (Å²) in [5.74, 6) is 0. The monoisotopic (exact) mass is 218 g/mol. The third-order valence-corrected chi connectivity index (χ3v) is 3.18. The lowest BCUT2D eigenvalue weighted by atomic mass is 10.0. The molecule has 1 unspecified atom stereocenters. The van der Waals surface area contributed by atoms with Crippen LogP contribution in [0.25, 0.3) is 0 Å². The summed E-state index contributed by atoms with van der Waals surface area (Å²) in [7, 11) is 0. The van der Waals surface area contributed by atoms with Crippen molar-refractivity contribution >= 4 is 11.3 Å². The molecule has 1 atom stereocenters. The highest BCUT2D eigenvalue weighted by atomic mass is 32.1. The fourth-order valence-corrected chi connectivity index (χ4v) is 2.39. The van der Waals surface area contributed by atoms with Crippen LogP contribution in [0.15, 0.2) is 29.8 Å². The Balaban J connectivity index is 2.37. The molecular formula is C12H14N2S. The number of nitrogens with zero attached hydrogens (tertiary/aromatic N) is 1. The van der Waals surface area contributed by atoms with Gasteiger partial charge in [0.05, 0.1) is 6.04 Å². The molecule has 1 heterocycles. The zero-order valence-electron chi connectivity index (χ0n) is 8.90. The van der Waals surface area contributed by atoms with Crippen molar-refractivity contribution in [2.24, 2.45) is 5.73 Å². The van der Waals surface area contributed by atoms with Gasteiger partial charge in [0.1, 0.15) is 5.01 Å². The molecule has 15 heavy (non-hydrogen) atoms. The van der Waals surface area contributed by atoms with Crippen molar-refractivity contribution in [3.05, 3.63) is 51.5 Å². The highest BCUT2D eigenvalue weighted by Crippen LogP contribution is 2.23. The van der Waals surface area contributed by atoms with Crippen LogP contribution in [0.4, 0.5) is 0 Å².